The van der Waals surface area contributed by atoms with Crippen LogP contribution >= 0.6 is 0 Å². The molecular weight excluding hydrogens is 278 g/mol. The monoisotopic (exact) mass is 303 g/mol. The van der Waals surface area contributed by atoms with Gasteiger partial charge in [0.1, 0.15) is 6.04 Å². The Balaban J connectivity index is 1.96. The van der Waals surface area contributed by atoms with Gasteiger partial charge in [0.15, 0.2) is 0 Å². The molecule has 0 radical (unpaired) electrons. The van der Waals surface area contributed by atoms with Crippen LogP contribution < -0.4 is 16.0 Å². The van der Waals surface area contributed by atoms with Gasteiger partial charge in [-0.1, -0.05) is 32.0 Å². The number of nitrogens with one attached hydrogen (secondary N) is 3. The quantitative estimate of drug-likeness (QED) is 0.768. The summed E-state index contributed by atoms with van der Waals surface area (Å²) in [7, 11) is 0. The molecule has 2 amide bonds. The molecule has 22 heavy (non-hydrogen) atoms. The second-order valence-corrected chi connectivity index (χ2v) is 6.11. The van der Waals surface area contributed by atoms with Crippen LogP contribution in [0.1, 0.15) is 37.0 Å². The molecule has 1 unspecified atom stereocenters. The molecule has 1 aliphatic heterocycles. The van der Waals surface area contributed by atoms with Crippen molar-refractivity contribution in [2.45, 2.75) is 38.8 Å². The number of carbonyl (C=O) groups is 2. The summed E-state index contributed by atoms with van der Waals surface area (Å²) in [6, 6.07) is 8.61. The SMILES string of the molecule is CC(C)C(NC(=O)c1ccccc1)C(=O)N[C@H]1CCCNC1. The van der Waals surface area contributed by atoms with Gasteiger partial charge in [0.25, 0.3) is 5.91 Å². The van der Waals surface area contributed by atoms with Gasteiger partial charge < -0.3 is 16.0 Å². The predicted octanol–water partition coefficient (Wildman–Crippen LogP) is 1.31. The Kier molecular flexibility index (Phi) is 5.95. The van der Waals surface area contributed by atoms with Crippen molar-refractivity contribution in [3.8, 4) is 0 Å². The van der Waals surface area contributed by atoms with Crippen LogP contribution in [0.25, 0.3) is 0 Å². The number of rotatable bonds is 5. The lowest BCUT2D eigenvalue weighted by Crippen LogP contribution is -2.54. The molecule has 1 aliphatic rings. The standard InChI is InChI=1S/C17H25N3O2/c1-12(2)15(17(22)19-14-9-6-10-18-11-14)20-16(21)13-7-4-3-5-8-13/h3-5,7-8,12,14-15,18H,6,9-11H2,1-2H3,(H,19,22)(H,20,21)/t14-,15?/m0/s1. The van der Waals surface area contributed by atoms with Gasteiger partial charge in [-0.25, -0.2) is 0 Å². The van der Waals surface area contributed by atoms with Gasteiger partial charge in [-0.15, -0.1) is 0 Å². The number of piperidine rings is 1. The van der Waals surface area contributed by atoms with Gasteiger partial charge in [-0.3, -0.25) is 9.59 Å². The van der Waals surface area contributed by atoms with Crippen molar-refractivity contribution in [2.24, 2.45) is 5.92 Å². The largest absolute Gasteiger partial charge is 0.350 e. The minimum absolute atomic E-state index is 0.0317. The maximum atomic E-state index is 12.5. The highest BCUT2D eigenvalue weighted by molar-refractivity contribution is 5.97. The molecule has 2 rings (SSSR count). The smallest absolute Gasteiger partial charge is 0.251 e. The fraction of sp³-hybridized carbons (Fsp3) is 0.529. The van der Waals surface area contributed by atoms with Crippen molar-refractivity contribution in [2.75, 3.05) is 13.1 Å². The van der Waals surface area contributed by atoms with Crippen LogP contribution in [0.4, 0.5) is 0 Å². The molecule has 0 spiro atoms. The van der Waals surface area contributed by atoms with Crippen LogP contribution in [0, 0.1) is 5.92 Å². The molecule has 1 fully saturated rings. The second kappa shape index (κ2) is 7.94. The minimum Gasteiger partial charge on any atom is -0.350 e. The summed E-state index contributed by atoms with van der Waals surface area (Å²) in [5, 5.41) is 9.16. The van der Waals surface area contributed by atoms with Crippen LogP contribution in [0.5, 0.6) is 0 Å². The Hall–Kier alpha value is -1.88. The van der Waals surface area contributed by atoms with Gasteiger partial charge in [0.05, 0.1) is 0 Å². The summed E-state index contributed by atoms with van der Waals surface area (Å²) < 4.78 is 0. The van der Waals surface area contributed by atoms with E-state index in [9.17, 15) is 9.59 Å². The highest BCUT2D eigenvalue weighted by atomic mass is 16.2. The molecule has 0 saturated carbocycles. The predicted molar refractivity (Wildman–Crippen MR) is 86.6 cm³/mol. The lowest BCUT2D eigenvalue weighted by Gasteiger charge is -2.28. The molecule has 1 aromatic rings. The number of carbonyl (C=O) groups excluding carboxylic acids is 2. The van der Waals surface area contributed by atoms with Crippen LogP contribution in [0.15, 0.2) is 30.3 Å². The summed E-state index contributed by atoms with van der Waals surface area (Å²) in [6.07, 6.45) is 2.05. The first-order valence-electron chi connectivity index (χ1n) is 7.95. The van der Waals surface area contributed by atoms with E-state index in [0.29, 0.717) is 5.56 Å². The molecule has 2 atom stereocenters. The lowest BCUT2D eigenvalue weighted by molar-refractivity contribution is -0.124. The van der Waals surface area contributed by atoms with Crippen molar-refractivity contribution < 1.29 is 9.59 Å². The Morgan fingerprint density at radius 1 is 1.23 bits per heavy atom. The van der Waals surface area contributed by atoms with Crippen molar-refractivity contribution >= 4 is 11.8 Å². The summed E-state index contributed by atoms with van der Waals surface area (Å²) in [4.78, 5) is 24.7. The van der Waals surface area contributed by atoms with Crippen molar-refractivity contribution in [1.29, 1.82) is 0 Å². The zero-order valence-corrected chi connectivity index (χ0v) is 13.3. The average molecular weight is 303 g/mol. The molecule has 3 N–H and O–H groups in total. The number of benzene rings is 1. The van der Waals surface area contributed by atoms with E-state index in [4.69, 9.17) is 0 Å². The first-order valence-corrected chi connectivity index (χ1v) is 7.95. The van der Waals surface area contributed by atoms with E-state index in [2.05, 4.69) is 16.0 Å². The van der Waals surface area contributed by atoms with E-state index in [0.717, 1.165) is 25.9 Å². The molecule has 0 aromatic heterocycles. The number of hydrogen-bond acceptors (Lipinski definition) is 3. The van der Waals surface area contributed by atoms with Crippen LogP contribution in [-0.2, 0) is 4.79 Å². The van der Waals surface area contributed by atoms with Crippen molar-refractivity contribution in [3.63, 3.8) is 0 Å². The Morgan fingerprint density at radius 2 is 1.95 bits per heavy atom. The normalized spacial score (nSPS) is 19.5. The first kappa shape index (κ1) is 16.5. The third-order valence-corrected chi connectivity index (χ3v) is 3.91. The number of hydrogen-bond donors (Lipinski definition) is 3. The third kappa shape index (κ3) is 4.56. The molecule has 5 heteroatoms. The molecular formula is C17H25N3O2. The minimum atomic E-state index is -0.519. The van der Waals surface area contributed by atoms with Crippen LogP contribution in [0.2, 0.25) is 0 Å². The highest BCUT2D eigenvalue weighted by Gasteiger charge is 2.26. The summed E-state index contributed by atoms with van der Waals surface area (Å²) in [6.45, 7) is 5.68. The number of amides is 2. The van der Waals surface area contributed by atoms with Crippen molar-refractivity contribution in [3.05, 3.63) is 35.9 Å². The molecule has 0 bridgehead atoms. The molecule has 1 heterocycles. The maximum Gasteiger partial charge on any atom is 0.251 e. The summed E-state index contributed by atoms with van der Waals surface area (Å²) >= 11 is 0. The molecule has 1 aromatic carbocycles. The van der Waals surface area contributed by atoms with Crippen molar-refractivity contribution in [1.82, 2.24) is 16.0 Å². The topological polar surface area (TPSA) is 70.2 Å². The van der Waals surface area contributed by atoms with E-state index < -0.39 is 6.04 Å². The zero-order chi connectivity index (χ0) is 15.9. The Labute approximate surface area is 131 Å². The van der Waals surface area contributed by atoms with E-state index in [1.165, 1.54) is 0 Å². The van der Waals surface area contributed by atoms with E-state index in [-0.39, 0.29) is 23.8 Å². The highest BCUT2D eigenvalue weighted by Crippen LogP contribution is 2.07. The fourth-order valence-corrected chi connectivity index (χ4v) is 2.62. The van der Waals surface area contributed by atoms with Gasteiger partial charge in [-0.2, -0.15) is 0 Å². The van der Waals surface area contributed by atoms with Gasteiger partial charge in [0, 0.05) is 18.2 Å². The van der Waals surface area contributed by atoms with E-state index >= 15 is 0 Å². The van der Waals surface area contributed by atoms with Gasteiger partial charge in [-0.05, 0) is 37.4 Å². The first-order chi connectivity index (χ1) is 10.6. The zero-order valence-electron chi connectivity index (χ0n) is 13.3. The van der Waals surface area contributed by atoms with E-state index in [1.54, 1.807) is 12.1 Å². The van der Waals surface area contributed by atoms with Gasteiger partial charge >= 0.3 is 0 Å². The van der Waals surface area contributed by atoms with Gasteiger partial charge in [0.2, 0.25) is 5.91 Å². The average Bonchev–Trinajstić information content (AvgIpc) is 2.53. The maximum absolute atomic E-state index is 12.5. The second-order valence-electron chi connectivity index (χ2n) is 6.11. The summed E-state index contributed by atoms with van der Waals surface area (Å²) in [5.41, 5.74) is 0.570. The molecule has 120 valence electrons. The fourth-order valence-electron chi connectivity index (χ4n) is 2.62. The summed E-state index contributed by atoms with van der Waals surface area (Å²) in [5.74, 6) is -0.284. The molecule has 1 saturated heterocycles. The van der Waals surface area contributed by atoms with Crippen LogP contribution in [0.3, 0.4) is 0 Å². The third-order valence-electron chi connectivity index (χ3n) is 3.91. The van der Waals surface area contributed by atoms with Crippen LogP contribution in [-0.4, -0.2) is 37.0 Å². The molecule has 5 nitrogen and oxygen atoms in total. The lowest BCUT2D eigenvalue weighted by atomic mass is 10.0. The molecule has 0 aliphatic carbocycles. The van der Waals surface area contributed by atoms with E-state index in [1.807, 2.05) is 32.0 Å². The Morgan fingerprint density at radius 3 is 2.55 bits per heavy atom. The Bertz CT molecular complexity index is 496.